The Balaban J connectivity index is 2.11. The maximum absolute atomic E-state index is 12.5. The van der Waals surface area contributed by atoms with Crippen LogP contribution in [-0.2, 0) is 27.2 Å². The lowest BCUT2D eigenvalue weighted by Gasteiger charge is -2.19. The second-order valence-corrected chi connectivity index (χ2v) is 6.61. The van der Waals surface area contributed by atoms with Gasteiger partial charge in [0.05, 0.1) is 43.3 Å². The molecule has 1 N–H and O–H groups in total. The molecule has 6 nitrogen and oxygen atoms in total. The maximum Gasteiger partial charge on any atom is 0.308 e. The molecule has 1 heterocycles. The van der Waals surface area contributed by atoms with Crippen LogP contribution in [-0.4, -0.2) is 30.6 Å². The van der Waals surface area contributed by atoms with Crippen molar-refractivity contribution in [2.75, 3.05) is 13.7 Å². The summed E-state index contributed by atoms with van der Waals surface area (Å²) in [6.45, 7) is 4.08. The molecule has 26 heavy (non-hydrogen) atoms. The quantitative estimate of drug-likeness (QED) is 0.681. The minimum absolute atomic E-state index is 0.0595. The number of methoxy groups -OCH3 is 1. The second-order valence-electron chi connectivity index (χ2n) is 5.67. The van der Waals surface area contributed by atoms with E-state index >= 15 is 0 Å². The molecule has 1 aromatic carbocycles. The van der Waals surface area contributed by atoms with Gasteiger partial charge >= 0.3 is 5.97 Å². The molecule has 0 aliphatic heterocycles. The molecule has 0 fully saturated rings. The highest BCUT2D eigenvalue weighted by Gasteiger charge is 2.20. The number of benzene rings is 1. The fraction of sp³-hybridized carbons (Fsp3) is 0.421. The third kappa shape index (κ3) is 5.84. The maximum atomic E-state index is 12.5. The van der Waals surface area contributed by atoms with Gasteiger partial charge < -0.3 is 14.8 Å². The van der Waals surface area contributed by atoms with Crippen LogP contribution in [0.4, 0.5) is 0 Å². The molecule has 0 saturated carbocycles. The molecule has 2 aromatic rings. The van der Waals surface area contributed by atoms with Gasteiger partial charge in [-0.3, -0.25) is 9.59 Å². The first-order valence-corrected chi connectivity index (χ1v) is 9.45. The van der Waals surface area contributed by atoms with E-state index in [0.29, 0.717) is 12.4 Å². The molecule has 0 radical (unpaired) electrons. The molecular formula is C19H24N2O4S. The van der Waals surface area contributed by atoms with Crippen molar-refractivity contribution in [3.05, 3.63) is 45.9 Å². The highest BCUT2D eigenvalue weighted by atomic mass is 32.1. The number of esters is 1. The molecule has 0 saturated heterocycles. The number of hydrogen-bond acceptors (Lipinski definition) is 6. The van der Waals surface area contributed by atoms with Gasteiger partial charge in [0.1, 0.15) is 5.75 Å². The first-order chi connectivity index (χ1) is 12.5. The summed E-state index contributed by atoms with van der Waals surface area (Å²) < 4.78 is 10.3. The van der Waals surface area contributed by atoms with Crippen LogP contribution < -0.4 is 10.1 Å². The predicted octanol–water partition coefficient (Wildman–Crippen LogP) is 3.07. The molecule has 2 rings (SSSR count). The van der Waals surface area contributed by atoms with Crippen LogP contribution in [0.3, 0.4) is 0 Å². The van der Waals surface area contributed by atoms with E-state index in [2.05, 4.69) is 10.3 Å². The summed E-state index contributed by atoms with van der Waals surface area (Å²) in [6.07, 6.45) is 1.09. The molecule has 0 bridgehead atoms. The van der Waals surface area contributed by atoms with Crippen molar-refractivity contribution >= 4 is 23.2 Å². The van der Waals surface area contributed by atoms with Gasteiger partial charge in [0.25, 0.3) is 0 Å². The Kier molecular flexibility index (Phi) is 7.59. The Labute approximate surface area is 157 Å². The van der Waals surface area contributed by atoms with Crippen LogP contribution in [0.2, 0.25) is 0 Å². The van der Waals surface area contributed by atoms with Gasteiger partial charge in [-0.2, -0.15) is 0 Å². The molecule has 0 spiro atoms. The monoisotopic (exact) mass is 376 g/mol. The summed E-state index contributed by atoms with van der Waals surface area (Å²) in [4.78, 5) is 28.8. The predicted molar refractivity (Wildman–Crippen MR) is 100 cm³/mol. The minimum atomic E-state index is -0.485. The number of ether oxygens (including phenoxy) is 2. The number of rotatable bonds is 9. The average Bonchev–Trinajstić information content (AvgIpc) is 3.09. The van der Waals surface area contributed by atoms with Gasteiger partial charge in [-0.05, 0) is 31.0 Å². The number of aryl methyl sites for hydroxylation is 1. The van der Waals surface area contributed by atoms with Crippen LogP contribution in [0.15, 0.2) is 29.6 Å². The van der Waals surface area contributed by atoms with E-state index in [9.17, 15) is 9.59 Å². The lowest BCUT2D eigenvalue weighted by atomic mass is 10.0. The van der Waals surface area contributed by atoms with Crippen molar-refractivity contribution in [3.63, 3.8) is 0 Å². The summed E-state index contributed by atoms with van der Waals surface area (Å²) in [5, 5.41) is 5.82. The van der Waals surface area contributed by atoms with Gasteiger partial charge in [0.2, 0.25) is 5.91 Å². The van der Waals surface area contributed by atoms with E-state index in [4.69, 9.17) is 9.47 Å². The third-order valence-corrected chi connectivity index (χ3v) is 4.79. The van der Waals surface area contributed by atoms with Gasteiger partial charge in [-0.25, -0.2) is 4.98 Å². The Morgan fingerprint density at radius 1 is 1.31 bits per heavy atom. The average molecular weight is 376 g/mol. The number of aromatic nitrogens is 1. The molecule has 0 aliphatic carbocycles. The largest absolute Gasteiger partial charge is 0.497 e. The fourth-order valence-corrected chi connectivity index (χ4v) is 3.24. The number of thiazole rings is 1. The fourth-order valence-electron chi connectivity index (χ4n) is 2.50. The zero-order chi connectivity index (χ0) is 18.9. The number of nitrogens with one attached hydrogen (secondary N) is 1. The highest BCUT2D eigenvalue weighted by Crippen LogP contribution is 2.22. The normalized spacial score (nSPS) is 11.7. The van der Waals surface area contributed by atoms with E-state index in [1.807, 2.05) is 36.6 Å². The van der Waals surface area contributed by atoms with Crippen LogP contribution in [0, 0.1) is 0 Å². The summed E-state index contributed by atoms with van der Waals surface area (Å²) in [6, 6.07) is 6.81. The van der Waals surface area contributed by atoms with Crippen molar-refractivity contribution < 1.29 is 19.1 Å². The van der Waals surface area contributed by atoms with Crippen molar-refractivity contribution in [2.24, 2.45) is 0 Å². The smallest absolute Gasteiger partial charge is 0.308 e. The van der Waals surface area contributed by atoms with Gasteiger partial charge in [-0.15, -0.1) is 11.3 Å². The number of carbonyl (C=O) groups is 2. The third-order valence-electron chi connectivity index (χ3n) is 3.75. The Morgan fingerprint density at radius 3 is 2.77 bits per heavy atom. The Morgan fingerprint density at radius 2 is 2.12 bits per heavy atom. The number of carbonyl (C=O) groups excluding carboxylic acids is 2. The molecule has 140 valence electrons. The van der Waals surface area contributed by atoms with E-state index in [-0.39, 0.29) is 24.7 Å². The summed E-state index contributed by atoms with van der Waals surface area (Å²) in [5.41, 5.74) is 1.53. The topological polar surface area (TPSA) is 77.5 Å². The lowest BCUT2D eigenvalue weighted by Crippen LogP contribution is -2.32. The first kappa shape index (κ1) is 19.9. The molecule has 0 aliphatic rings. The Bertz CT molecular complexity index is 745. The molecule has 7 heteroatoms. The molecule has 1 aromatic heterocycles. The van der Waals surface area contributed by atoms with Crippen LogP contribution in [0.25, 0.3) is 0 Å². The van der Waals surface area contributed by atoms with E-state index < -0.39 is 6.04 Å². The van der Waals surface area contributed by atoms with Crippen LogP contribution >= 0.6 is 11.3 Å². The zero-order valence-electron chi connectivity index (χ0n) is 15.3. The van der Waals surface area contributed by atoms with Crippen LogP contribution in [0.5, 0.6) is 5.75 Å². The molecule has 1 amide bonds. The molecule has 1 atom stereocenters. The highest BCUT2D eigenvalue weighted by molar-refractivity contribution is 7.09. The summed E-state index contributed by atoms with van der Waals surface area (Å²) in [7, 11) is 1.58. The molecule has 1 unspecified atom stereocenters. The number of nitrogens with zero attached hydrogens (tertiary/aromatic N) is 1. The van der Waals surface area contributed by atoms with Gasteiger partial charge in [0, 0.05) is 5.38 Å². The minimum Gasteiger partial charge on any atom is -0.497 e. The number of hydrogen-bond donors (Lipinski definition) is 1. The van der Waals surface area contributed by atoms with Crippen molar-refractivity contribution in [2.45, 2.75) is 39.2 Å². The van der Waals surface area contributed by atoms with E-state index in [1.165, 1.54) is 0 Å². The SMILES string of the molecule is CCOC(=O)CC(NC(=O)Cc1csc(CC)n1)c1cccc(OC)c1. The summed E-state index contributed by atoms with van der Waals surface area (Å²) in [5.74, 6) is 0.121. The van der Waals surface area contributed by atoms with E-state index in [1.54, 1.807) is 25.4 Å². The second kappa shape index (κ2) is 9.91. The standard InChI is InChI=1S/C19H24N2O4S/c1-4-18-20-14(12-26-18)10-17(22)21-16(11-19(23)25-5-2)13-7-6-8-15(9-13)24-3/h6-9,12,16H,4-5,10-11H2,1-3H3,(H,21,22). The summed E-state index contributed by atoms with van der Waals surface area (Å²) >= 11 is 1.55. The Hall–Kier alpha value is -2.41. The van der Waals surface area contributed by atoms with Crippen molar-refractivity contribution in [1.29, 1.82) is 0 Å². The first-order valence-electron chi connectivity index (χ1n) is 8.57. The van der Waals surface area contributed by atoms with Crippen LogP contribution in [0.1, 0.15) is 42.6 Å². The van der Waals surface area contributed by atoms with Crippen molar-refractivity contribution in [3.8, 4) is 5.75 Å². The van der Waals surface area contributed by atoms with Gasteiger partial charge in [-0.1, -0.05) is 19.1 Å². The van der Waals surface area contributed by atoms with Gasteiger partial charge in [0.15, 0.2) is 0 Å². The zero-order valence-corrected chi connectivity index (χ0v) is 16.1. The van der Waals surface area contributed by atoms with E-state index in [0.717, 1.165) is 22.7 Å². The number of amides is 1. The van der Waals surface area contributed by atoms with Crippen molar-refractivity contribution in [1.82, 2.24) is 10.3 Å². The lowest BCUT2D eigenvalue weighted by molar-refractivity contribution is -0.143. The molecular weight excluding hydrogens is 352 g/mol.